The number of aryl methyl sites for hydroxylation is 2. The number of hydrogen-bond acceptors (Lipinski definition) is 8. The van der Waals surface area contributed by atoms with Crippen molar-refractivity contribution in [3.05, 3.63) is 69.6 Å². The molecule has 2 aromatic carbocycles. The molecule has 8 nitrogen and oxygen atoms in total. The van der Waals surface area contributed by atoms with Gasteiger partial charge in [0.1, 0.15) is 10.8 Å². The summed E-state index contributed by atoms with van der Waals surface area (Å²) in [6.45, 7) is 12.9. The topological polar surface area (TPSA) is 106 Å². The van der Waals surface area contributed by atoms with Crippen LogP contribution in [0.2, 0.25) is 0 Å². The lowest BCUT2D eigenvalue weighted by molar-refractivity contribution is -0.113. The fraction of sp³-hybridized carbons (Fsp3) is 0.394. The number of nitrogens with one attached hydrogen (secondary N) is 1. The Morgan fingerprint density at radius 1 is 1.16 bits per heavy atom. The molecule has 0 unspecified atom stereocenters. The molecule has 0 fully saturated rings. The fourth-order valence-corrected chi connectivity index (χ4v) is 7.68. The van der Waals surface area contributed by atoms with E-state index in [-0.39, 0.29) is 35.4 Å². The minimum absolute atomic E-state index is 0.0548. The summed E-state index contributed by atoms with van der Waals surface area (Å²) < 4.78 is 7.28. The van der Waals surface area contributed by atoms with Crippen molar-refractivity contribution >= 4 is 40.0 Å². The zero-order valence-electron chi connectivity index (χ0n) is 25.5. The highest BCUT2D eigenvalue weighted by Gasteiger charge is 2.34. The van der Waals surface area contributed by atoms with Gasteiger partial charge in [-0.05, 0) is 80.7 Å². The molecule has 2 N–H and O–H groups in total. The van der Waals surface area contributed by atoms with Crippen molar-refractivity contribution in [2.45, 2.75) is 66.0 Å². The van der Waals surface area contributed by atoms with Crippen LogP contribution in [0.5, 0.6) is 5.75 Å². The second-order valence-corrected chi connectivity index (χ2v) is 14.1. The van der Waals surface area contributed by atoms with E-state index in [1.165, 1.54) is 23.1 Å². The van der Waals surface area contributed by atoms with Gasteiger partial charge in [-0.2, -0.15) is 0 Å². The highest BCUT2D eigenvalue weighted by Crippen LogP contribution is 2.44. The number of esters is 1. The number of benzene rings is 2. The lowest BCUT2D eigenvalue weighted by atomic mass is 9.72. The van der Waals surface area contributed by atoms with Crippen LogP contribution in [0.3, 0.4) is 0 Å². The van der Waals surface area contributed by atoms with E-state index < -0.39 is 0 Å². The second kappa shape index (κ2) is 12.5. The Labute approximate surface area is 260 Å². The molecule has 0 radical (unpaired) electrons. The fourth-order valence-electron chi connectivity index (χ4n) is 5.60. The van der Waals surface area contributed by atoms with Crippen molar-refractivity contribution in [2.24, 2.45) is 11.3 Å². The molecule has 0 bridgehead atoms. The van der Waals surface area contributed by atoms with Gasteiger partial charge in [0, 0.05) is 4.88 Å². The van der Waals surface area contributed by atoms with Crippen LogP contribution >= 0.6 is 23.1 Å². The number of phenolic OH excluding ortho intramolecular Hbond substituents is 1. The first-order valence-corrected chi connectivity index (χ1v) is 16.3. The lowest BCUT2D eigenvalue weighted by Gasteiger charge is -2.33. The van der Waals surface area contributed by atoms with Gasteiger partial charge in [0.2, 0.25) is 5.91 Å². The highest BCUT2D eigenvalue weighted by atomic mass is 32.2. The Balaban J connectivity index is 1.42. The normalized spacial score (nSPS) is 14.8. The number of aromatic nitrogens is 3. The zero-order valence-corrected chi connectivity index (χ0v) is 27.1. The largest absolute Gasteiger partial charge is 0.507 e. The molecule has 0 saturated carbocycles. The number of anilines is 1. The van der Waals surface area contributed by atoms with E-state index in [0.29, 0.717) is 33.0 Å². The zero-order chi connectivity index (χ0) is 30.9. The van der Waals surface area contributed by atoms with Crippen LogP contribution in [0.4, 0.5) is 5.00 Å². The molecule has 0 saturated heterocycles. The van der Waals surface area contributed by atoms with E-state index in [9.17, 15) is 14.7 Å². The number of rotatable bonds is 8. The number of thioether (sulfide) groups is 1. The maximum Gasteiger partial charge on any atom is 0.341 e. The van der Waals surface area contributed by atoms with E-state index in [1.54, 1.807) is 25.1 Å². The minimum Gasteiger partial charge on any atom is -0.507 e. The number of carbonyl (C=O) groups excluding carboxylic acids is 2. The molecule has 1 atom stereocenters. The van der Waals surface area contributed by atoms with Crippen LogP contribution in [0, 0.1) is 25.2 Å². The highest BCUT2D eigenvalue weighted by molar-refractivity contribution is 7.99. The van der Waals surface area contributed by atoms with Crippen molar-refractivity contribution in [1.29, 1.82) is 0 Å². The van der Waals surface area contributed by atoms with E-state index in [4.69, 9.17) is 4.74 Å². The summed E-state index contributed by atoms with van der Waals surface area (Å²) in [5.41, 5.74) is 5.20. The van der Waals surface area contributed by atoms with Crippen molar-refractivity contribution in [1.82, 2.24) is 14.8 Å². The van der Waals surface area contributed by atoms with Gasteiger partial charge in [-0.3, -0.25) is 9.36 Å². The molecule has 1 aliphatic carbocycles. The van der Waals surface area contributed by atoms with Crippen LogP contribution in [0.25, 0.3) is 17.1 Å². The average Bonchev–Trinajstić information content (AvgIpc) is 3.52. The van der Waals surface area contributed by atoms with Gasteiger partial charge in [0.25, 0.3) is 0 Å². The molecule has 43 heavy (non-hydrogen) atoms. The first-order chi connectivity index (χ1) is 20.5. The van der Waals surface area contributed by atoms with Crippen molar-refractivity contribution in [3.8, 4) is 22.8 Å². The summed E-state index contributed by atoms with van der Waals surface area (Å²) in [4.78, 5) is 27.6. The molecule has 226 valence electrons. The maximum absolute atomic E-state index is 13.4. The van der Waals surface area contributed by atoms with Gasteiger partial charge in [-0.25, -0.2) is 4.79 Å². The summed E-state index contributed by atoms with van der Waals surface area (Å²) >= 11 is 2.74. The number of amides is 1. The van der Waals surface area contributed by atoms with Crippen LogP contribution in [-0.2, 0) is 22.4 Å². The maximum atomic E-state index is 13.4. The summed E-state index contributed by atoms with van der Waals surface area (Å²) in [7, 11) is 0. The van der Waals surface area contributed by atoms with Gasteiger partial charge in [-0.15, -0.1) is 21.5 Å². The molecule has 2 aromatic heterocycles. The number of para-hydroxylation sites is 1. The average molecular weight is 619 g/mol. The summed E-state index contributed by atoms with van der Waals surface area (Å²) in [5, 5.41) is 23.5. The Morgan fingerprint density at radius 3 is 2.63 bits per heavy atom. The van der Waals surface area contributed by atoms with E-state index >= 15 is 0 Å². The Hall–Kier alpha value is -3.63. The summed E-state index contributed by atoms with van der Waals surface area (Å²) in [6.07, 6.45) is 2.67. The lowest BCUT2D eigenvalue weighted by Crippen LogP contribution is -2.26. The van der Waals surface area contributed by atoms with Crippen molar-refractivity contribution in [2.75, 3.05) is 17.7 Å². The minimum atomic E-state index is -0.390. The monoisotopic (exact) mass is 618 g/mol. The standard InChI is InChI=1S/C33H38N4O4S2/c1-7-41-31(40)28-23-14-13-21(33(4,5)6)17-26(23)43-30(28)34-27(39)18-42-32-36-35-29(22-10-8-9-11-25(22)38)37(32)24-15-12-19(2)16-20(24)3/h8-12,15-16,21,38H,7,13-14,17-18H2,1-6H3,(H,34,39)/t21-/m1/s1. The molecule has 10 heteroatoms. The molecular weight excluding hydrogens is 581 g/mol. The van der Waals surface area contributed by atoms with Crippen molar-refractivity contribution < 1.29 is 19.4 Å². The molecule has 5 rings (SSSR count). The van der Waals surface area contributed by atoms with Crippen LogP contribution in [0.1, 0.15) is 66.0 Å². The first kappa shape index (κ1) is 30.8. The van der Waals surface area contributed by atoms with Crippen LogP contribution in [-0.4, -0.2) is 44.1 Å². The van der Waals surface area contributed by atoms with Gasteiger partial charge < -0.3 is 15.2 Å². The molecule has 2 heterocycles. The molecular formula is C33H38N4O4S2. The number of nitrogens with zero attached hydrogens (tertiary/aromatic N) is 3. The molecule has 0 spiro atoms. The van der Waals surface area contributed by atoms with E-state index in [0.717, 1.165) is 46.5 Å². The first-order valence-electron chi connectivity index (χ1n) is 14.5. The molecule has 1 aliphatic rings. The number of hydrogen-bond donors (Lipinski definition) is 2. The van der Waals surface area contributed by atoms with Crippen molar-refractivity contribution in [3.63, 3.8) is 0 Å². The second-order valence-electron chi connectivity index (χ2n) is 12.0. The van der Waals surface area contributed by atoms with Gasteiger partial charge in [0.15, 0.2) is 11.0 Å². The summed E-state index contributed by atoms with van der Waals surface area (Å²) in [6, 6.07) is 13.1. The summed E-state index contributed by atoms with van der Waals surface area (Å²) in [5.74, 6) is 0.496. The number of phenols is 1. The number of ether oxygens (including phenoxy) is 1. The van der Waals surface area contributed by atoms with Gasteiger partial charge >= 0.3 is 5.97 Å². The third-order valence-corrected chi connectivity index (χ3v) is 10.0. The van der Waals surface area contributed by atoms with Gasteiger partial charge in [-0.1, -0.05) is 62.4 Å². The third kappa shape index (κ3) is 6.50. The smallest absolute Gasteiger partial charge is 0.341 e. The Bertz CT molecular complexity index is 1670. The number of carbonyl (C=O) groups is 2. The van der Waals surface area contributed by atoms with Crippen LogP contribution < -0.4 is 5.32 Å². The van der Waals surface area contributed by atoms with E-state index in [1.807, 2.05) is 36.6 Å². The molecule has 4 aromatic rings. The number of thiophene rings is 1. The quantitative estimate of drug-likeness (QED) is 0.157. The Morgan fingerprint density at radius 2 is 1.93 bits per heavy atom. The predicted molar refractivity (Wildman–Crippen MR) is 173 cm³/mol. The predicted octanol–water partition coefficient (Wildman–Crippen LogP) is 7.38. The van der Waals surface area contributed by atoms with E-state index in [2.05, 4.69) is 42.4 Å². The SMILES string of the molecule is CCOC(=O)c1c(NC(=O)CSc2nnc(-c3ccccc3O)n2-c2ccc(C)cc2C)sc2c1CC[C@@H](C(C)(C)C)C2. The number of fused-ring (bicyclic) bond motifs is 1. The third-order valence-electron chi connectivity index (χ3n) is 7.93. The molecule has 1 amide bonds. The van der Waals surface area contributed by atoms with Gasteiger partial charge in [0.05, 0.1) is 29.2 Å². The molecule has 0 aliphatic heterocycles. The van der Waals surface area contributed by atoms with Crippen LogP contribution in [0.15, 0.2) is 47.6 Å². The number of aromatic hydroxyl groups is 1. The Kier molecular flexibility index (Phi) is 8.99.